The molecule has 1 atom stereocenters. The number of aromatic nitrogens is 2. The Balaban J connectivity index is 1.58. The zero-order valence-corrected chi connectivity index (χ0v) is 15.0. The van der Waals surface area contributed by atoms with Crippen LogP contribution in [0.15, 0.2) is 28.8 Å². The van der Waals surface area contributed by atoms with Crippen molar-refractivity contribution in [3.63, 3.8) is 0 Å². The lowest BCUT2D eigenvalue weighted by Gasteiger charge is -2.30. The molecule has 25 heavy (non-hydrogen) atoms. The second-order valence-corrected chi connectivity index (χ2v) is 6.61. The van der Waals surface area contributed by atoms with Gasteiger partial charge in [-0.2, -0.15) is 4.98 Å². The summed E-state index contributed by atoms with van der Waals surface area (Å²) >= 11 is 6.17. The van der Waals surface area contributed by atoms with Crippen LogP contribution >= 0.6 is 11.6 Å². The summed E-state index contributed by atoms with van der Waals surface area (Å²) in [5, 5.41) is 4.74. The molecule has 1 fully saturated rings. The van der Waals surface area contributed by atoms with Gasteiger partial charge in [-0.05, 0) is 37.9 Å². The number of hydrogen-bond acceptors (Lipinski definition) is 6. The van der Waals surface area contributed by atoms with Crippen molar-refractivity contribution in [1.29, 1.82) is 0 Å². The Hall–Kier alpha value is -1.92. The van der Waals surface area contributed by atoms with Crippen LogP contribution in [0.3, 0.4) is 0 Å². The number of benzene rings is 1. The molecule has 0 unspecified atom stereocenters. The summed E-state index contributed by atoms with van der Waals surface area (Å²) in [7, 11) is 0. The molecule has 134 valence electrons. The monoisotopic (exact) mass is 363 g/mol. The lowest BCUT2D eigenvalue weighted by Crippen LogP contribution is -2.39. The summed E-state index contributed by atoms with van der Waals surface area (Å²) in [6.45, 7) is 4.38. The standard InChI is InChI=1S/C18H22ClN3O3/c1-2-24-18(23)14-7-5-9-22(11-14)12-17-20-16(21-25-17)10-13-6-3-4-8-15(13)19/h3-4,6,8,14H,2,5,7,9-12H2,1H3/t14-/m1/s1. The fraction of sp³-hybridized carbons (Fsp3) is 0.500. The molecule has 0 saturated carbocycles. The number of ether oxygens (including phenoxy) is 1. The molecular formula is C18H22ClN3O3. The Bertz CT molecular complexity index is 719. The number of likely N-dealkylation sites (tertiary alicyclic amines) is 1. The van der Waals surface area contributed by atoms with Crippen LogP contribution in [0.5, 0.6) is 0 Å². The topological polar surface area (TPSA) is 68.5 Å². The summed E-state index contributed by atoms with van der Waals surface area (Å²) in [5.41, 5.74) is 0.969. The maximum atomic E-state index is 11.9. The summed E-state index contributed by atoms with van der Waals surface area (Å²) < 4.78 is 10.5. The van der Waals surface area contributed by atoms with Gasteiger partial charge in [0, 0.05) is 18.0 Å². The minimum atomic E-state index is -0.114. The first-order valence-corrected chi connectivity index (χ1v) is 8.97. The molecule has 0 radical (unpaired) electrons. The van der Waals surface area contributed by atoms with Crippen molar-refractivity contribution >= 4 is 17.6 Å². The molecule has 0 bridgehead atoms. The van der Waals surface area contributed by atoms with Gasteiger partial charge in [0.2, 0.25) is 5.89 Å². The molecule has 6 nitrogen and oxygen atoms in total. The number of rotatable bonds is 6. The van der Waals surface area contributed by atoms with Crippen LogP contribution in [0.2, 0.25) is 5.02 Å². The highest BCUT2D eigenvalue weighted by molar-refractivity contribution is 6.31. The lowest BCUT2D eigenvalue weighted by atomic mass is 9.98. The van der Waals surface area contributed by atoms with Crippen LogP contribution in [0.25, 0.3) is 0 Å². The van der Waals surface area contributed by atoms with Crippen molar-refractivity contribution in [3.05, 3.63) is 46.6 Å². The van der Waals surface area contributed by atoms with Gasteiger partial charge in [-0.15, -0.1) is 0 Å². The van der Waals surface area contributed by atoms with Crippen molar-refractivity contribution in [2.75, 3.05) is 19.7 Å². The van der Waals surface area contributed by atoms with Gasteiger partial charge in [-0.25, -0.2) is 0 Å². The fourth-order valence-electron chi connectivity index (χ4n) is 3.08. The Morgan fingerprint density at radius 2 is 2.28 bits per heavy atom. The molecule has 0 amide bonds. The molecule has 1 aromatic heterocycles. The number of carbonyl (C=O) groups is 1. The van der Waals surface area contributed by atoms with E-state index in [0.29, 0.717) is 42.9 Å². The van der Waals surface area contributed by atoms with E-state index < -0.39 is 0 Å². The summed E-state index contributed by atoms with van der Waals surface area (Å²) in [6.07, 6.45) is 2.37. The molecule has 1 aromatic carbocycles. The lowest BCUT2D eigenvalue weighted by molar-refractivity contribution is -0.150. The average molecular weight is 364 g/mol. The van der Waals surface area contributed by atoms with Crippen LogP contribution in [0.1, 0.15) is 37.0 Å². The van der Waals surface area contributed by atoms with E-state index in [4.69, 9.17) is 20.9 Å². The van der Waals surface area contributed by atoms with Crippen LogP contribution in [0, 0.1) is 5.92 Å². The first kappa shape index (κ1) is 17.9. The van der Waals surface area contributed by atoms with Crippen molar-refractivity contribution in [2.24, 2.45) is 5.92 Å². The van der Waals surface area contributed by atoms with E-state index in [1.54, 1.807) is 0 Å². The van der Waals surface area contributed by atoms with Crippen LogP contribution < -0.4 is 0 Å². The maximum absolute atomic E-state index is 11.9. The van der Waals surface area contributed by atoms with Crippen LogP contribution in [0.4, 0.5) is 0 Å². The van der Waals surface area contributed by atoms with E-state index in [-0.39, 0.29) is 11.9 Å². The molecule has 2 heterocycles. The minimum Gasteiger partial charge on any atom is -0.466 e. The van der Waals surface area contributed by atoms with Gasteiger partial charge in [0.05, 0.1) is 19.1 Å². The molecule has 7 heteroatoms. The maximum Gasteiger partial charge on any atom is 0.310 e. The average Bonchev–Trinajstić information content (AvgIpc) is 3.04. The Morgan fingerprint density at radius 3 is 3.08 bits per heavy atom. The quantitative estimate of drug-likeness (QED) is 0.734. The SMILES string of the molecule is CCOC(=O)[C@@H]1CCCN(Cc2nc(Cc3ccccc3Cl)no2)C1. The summed E-state index contributed by atoms with van der Waals surface area (Å²) in [4.78, 5) is 18.5. The fourth-order valence-corrected chi connectivity index (χ4v) is 3.28. The number of esters is 1. The zero-order valence-electron chi connectivity index (χ0n) is 14.3. The largest absolute Gasteiger partial charge is 0.466 e. The molecule has 3 rings (SSSR count). The number of nitrogens with zero attached hydrogens (tertiary/aromatic N) is 3. The van der Waals surface area contributed by atoms with E-state index >= 15 is 0 Å². The van der Waals surface area contributed by atoms with Gasteiger partial charge in [0.15, 0.2) is 5.82 Å². The first-order valence-electron chi connectivity index (χ1n) is 8.59. The predicted molar refractivity (Wildman–Crippen MR) is 93.2 cm³/mol. The van der Waals surface area contributed by atoms with Gasteiger partial charge in [0.1, 0.15) is 0 Å². The van der Waals surface area contributed by atoms with Crippen molar-refractivity contribution in [3.8, 4) is 0 Å². The first-order chi connectivity index (χ1) is 12.2. The molecule has 0 spiro atoms. The molecule has 2 aromatic rings. The van der Waals surface area contributed by atoms with Gasteiger partial charge in [-0.3, -0.25) is 9.69 Å². The predicted octanol–water partition coefficient (Wildman–Crippen LogP) is 3.09. The zero-order chi connectivity index (χ0) is 17.6. The van der Waals surface area contributed by atoms with Gasteiger partial charge >= 0.3 is 5.97 Å². The Labute approximate surface area is 152 Å². The van der Waals surface area contributed by atoms with E-state index in [1.807, 2.05) is 31.2 Å². The molecular weight excluding hydrogens is 342 g/mol. The Morgan fingerprint density at radius 1 is 1.44 bits per heavy atom. The highest BCUT2D eigenvalue weighted by atomic mass is 35.5. The third-order valence-corrected chi connectivity index (χ3v) is 4.67. The van der Waals surface area contributed by atoms with Crippen LogP contribution in [-0.2, 0) is 22.5 Å². The van der Waals surface area contributed by atoms with Gasteiger partial charge in [0.25, 0.3) is 0 Å². The van der Waals surface area contributed by atoms with E-state index in [0.717, 1.165) is 24.9 Å². The molecule has 1 saturated heterocycles. The molecule has 1 aliphatic heterocycles. The number of hydrogen-bond donors (Lipinski definition) is 0. The molecule has 1 aliphatic rings. The van der Waals surface area contributed by atoms with Crippen molar-refractivity contribution in [1.82, 2.24) is 15.0 Å². The summed E-state index contributed by atoms with van der Waals surface area (Å²) in [6, 6.07) is 7.63. The highest BCUT2D eigenvalue weighted by Crippen LogP contribution is 2.21. The smallest absolute Gasteiger partial charge is 0.310 e. The molecule has 0 N–H and O–H groups in total. The number of carbonyl (C=O) groups excluding carboxylic acids is 1. The van der Waals surface area contributed by atoms with Gasteiger partial charge < -0.3 is 9.26 Å². The summed E-state index contributed by atoms with van der Waals surface area (Å²) in [5.74, 6) is 0.991. The third-order valence-electron chi connectivity index (χ3n) is 4.30. The highest BCUT2D eigenvalue weighted by Gasteiger charge is 2.27. The van der Waals surface area contributed by atoms with Crippen molar-refractivity contribution in [2.45, 2.75) is 32.7 Å². The third kappa shape index (κ3) is 4.80. The van der Waals surface area contributed by atoms with Crippen LogP contribution in [-0.4, -0.2) is 40.7 Å². The van der Waals surface area contributed by atoms with Crippen molar-refractivity contribution < 1.29 is 14.1 Å². The normalized spacial score (nSPS) is 18.2. The minimum absolute atomic E-state index is 0.0702. The number of halogens is 1. The second-order valence-electron chi connectivity index (χ2n) is 6.20. The van der Waals surface area contributed by atoms with E-state index in [1.165, 1.54) is 0 Å². The van der Waals surface area contributed by atoms with E-state index in [2.05, 4.69) is 15.0 Å². The molecule has 0 aliphatic carbocycles. The number of piperidine rings is 1. The second kappa shape index (κ2) is 8.45. The Kier molecular flexibility index (Phi) is 6.04. The van der Waals surface area contributed by atoms with E-state index in [9.17, 15) is 4.79 Å². The van der Waals surface area contributed by atoms with Gasteiger partial charge in [-0.1, -0.05) is 35.0 Å².